The van der Waals surface area contributed by atoms with Gasteiger partial charge in [-0.15, -0.1) is 0 Å². The third-order valence-electron chi connectivity index (χ3n) is 6.02. The van der Waals surface area contributed by atoms with Gasteiger partial charge in [-0.2, -0.15) is 0 Å². The van der Waals surface area contributed by atoms with Gasteiger partial charge in [-0.05, 0) is 45.8 Å². The molecule has 1 aromatic heterocycles. The van der Waals surface area contributed by atoms with Gasteiger partial charge in [-0.25, -0.2) is 0 Å². The van der Waals surface area contributed by atoms with E-state index in [2.05, 4.69) is 89.9 Å². The molecule has 0 amide bonds. The summed E-state index contributed by atoms with van der Waals surface area (Å²) in [6, 6.07) is 39.6. The first-order chi connectivity index (χ1) is 16.4. The van der Waals surface area contributed by atoms with Crippen molar-refractivity contribution in [2.45, 2.75) is 0 Å². The molecule has 0 saturated carbocycles. The average Bonchev–Trinajstić information content (AvgIpc) is 2.90. The van der Waals surface area contributed by atoms with Gasteiger partial charge in [0.1, 0.15) is 11.5 Å². The van der Waals surface area contributed by atoms with Crippen molar-refractivity contribution < 1.29 is 4.74 Å². The molecular formula is C31H21NO. The Hall–Kier alpha value is -4.43. The topological polar surface area (TPSA) is 22.1 Å². The van der Waals surface area contributed by atoms with Crippen molar-refractivity contribution in [2.24, 2.45) is 0 Å². The fourth-order valence-electron chi connectivity index (χ4n) is 4.47. The van der Waals surface area contributed by atoms with E-state index in [-0.39, 0.29) is 0 Å². The highest BCUT2D eigenvalue weighted by atomic mass is 16.5. The van der Waals surface area contributed by atoms with Gasteiger partial charge >= 0.3 is 0 Å². The third-order valence-corrected chi connectivity index (χ3v) is 6.02. The lowest BCUT2D eigenvalue weighted by Gasteiger charge is -2.17. The molecule has 0 fully saturated rings. The smallest absolute Gasteiger partial charge is 0.143 e. The molecule has 0 aliphatic carbocycles. The first-order valence-electron chi connectivity index (χ1n) is 11.1. The minimum Gasteiger partial charge on any atom is -0.456 e. The van der Waals surface area contributed by atoms with E-state index < -0.39 is 0 Å². The van der Waals surface area contributed by atoms with E-state index in [4.69, 9.17) is 4.74 Å². The van der Waals surface area contributed by atoms with E-state index in [0.717, 1.165) is 33.0 Å². The van der Waals surface area contributed by atoms with Crippen LogP contribution in [-0.2, 0) is 0 Å². The lowest BCUT2D eigenvalue weighted by atomic mass is 9.92. The Balaban J connectivity index is 1.52. The molecule has 6 aromatic rings. The van der Waals surface area contributed by atoms with Crippen LogP contribution in [0.3, 0.4) is 0 Å². The Labute approximate surface area is 192 Å². The number of ether oxygens (including phenoxy) is 1. The van der Waals surface area contributed by atoms with Gasteiger partial charge in [0.15, 0.2) is 0 Å². The van der Waals surface area contributed by atoms with Crippen LogP contribution in [0, 0.1) is 0 Å². The molecule has 2 heteroatoms. The molecule has 0 saturated heterocycles. The van der Waals surface area contributed by atoms with E-state index in [9.17, 15) is 0 Å². The number of aromatic nitrogens is 1. The van der Waals surface area contributed by atoms with E-state index in [1.54, 1.807) is 0 Å². The molecule has 0 radical (unpaired) electrons. The summed E-state index contributed by atoms with van der Waals surface area (Å²) in [5.74, 6) is 1.67. The fraction of sp³-hybridized carbons (Fsp3) is 0. The van der Waals surface area contributed by atoms with Crippen LogP contribution < -0.4 is 4.74 Å². The van der Waals surface area contributed by atoms with Crippen molar-refractivity contribution in [3.05, 3.63) is 128 Å². The molecule has 0 aliphatic rings. The number of hydrogen-bond donors (Lipinski definition) is 0. The number of pyridine rings is 1. The molecular weight excluding hydrogens is 402 g/mol. The quantitative estimate of drug-likeness (QED) is 0.265. The van der Waals surface area contributed by atoms with Crippen LogP contribution in [0.25, 0.3) is 43.8 Å². The highest BCUT2D eigenvalue weighted by Crippen LogP contribution is 2.44. The zero-order valence-electron chi connectivity index (χ0n) is 18.0. The maximum absolute atomic E-state index is 6.56. The van der Waals surface area contributed by atoms with Crippen molar-refractivity contribution in [2.75, 3.05) is 0 Å². The molecule has 33 heavy (non-hydrogen) atoms. The summed E-state index contributed by atoms with van der Waals surface area (Å²) in [5, 5.41) is 4.37. The summed E-state index contributed by atoms with van der Waals surface area (Å²) >= 11 is 0. The van der Waals surface area contributed by atoms with Crippen molar-refractivity contribution in [1.29, 1.82) is 0 Å². The van der Waals surface area contributed by atoms with Crippen LogP contribution >= 0.6 is 0 Å². The summed E-state index contributed by atoms with van der Waals surface area (Å²) in [6.45, 7) is 0. The van der Waals surface area contributed by atoms with E-state index >= 15 is 0 Å². The van der Waals surface area contributed by atoms with Crippen molar-refractivity contribution in [3.8, 4) is 33.8 Å². The summed E-state index contributed by atoms with van der Waals surface area (Å²) < 4.78 is 6.56. The molecule has 6 rings (SSSR count). The van der Waals surface area contributed by atoms with Gasteiger partial charge < -0.3 is 4.74 Å². The Morgan fingerprint density at radius 3 is 1.76 bits per heavy atom. The predicted octanol–water partition coefficient (Wildman–Crippen LogP) is 8.51. The van der Waals surface area contributed by atoms with Crippen LogP contribution in [-0.4, -0.2) is 4.98 Å². The second-order valence-corrected chi connectivity index (χ2v) is 8.03. The Morgan fingerprint density at radius 1 is 0.455 bits per heavy atom. The highest BCUT2D eigenvalue weighted by Gasteiger charge is 2.16. The third kappa shape index (κ3) is 3.52. The number of nitrogens with zero attached hydrogens (tertiary/aromatic N) is 1. The van der Waals surface area contributed by atoms with Gasteiger partial charge in [0.2, 0.25) is 0 Å². The number of benzene rings is 5. The van der Waals surface area contributed by atoms with E-state index in [1.165, 1.54) is 22.3 Å². The minimum atomic E-state index is 0.811. The largest absolute Gasteiger partial charge is 0.456 e. The van der Waals surface area contributed by atoms with Crippen molar-refractivity contribution >= 4 is 21.5 Å². The van der Waals surface area contributed by atoms with Gasteiger partial charge in [-0.1, -0.05) is 97.1 Å². The first kappa shape index (κ1) is 19.3. The van der Waals surface area contributed by atoms with E-state index in [0.29, 0.717) is 0 Å². The molecule has 0 bridgehead atoms. The van der Waals surface area contributed by atoms with Crippen LogP contribution in [0.1, 0.15) is 0 Å². The summed E-state index contributed by atoms with van der Waals surface area (Å²) in [4.78, 5) is 4.44. The zero-order valence-corrected chi connectivity index (χ0v) is 18.0. The van der Waals surface area contributed by atoms with Crippen LogP contribution in [0.5, 0.6) is 11.5 Å². The fourth-order valence-corrected chi connectivity index (χ4v) is 4.47. The zero-order chi connectivity index (χ0) is 22.0. The second kappa shape index (κ2) is 8.25. The van der Waals surface area contributed by atoms with Crippen LogP contribution in [0.4, 0.5) is 0 Å². The predicted molar refractivity (Wildman–Crippen MR) is 137 cm³/mol. The van der Waals surface area contributed by atoms with Gasteiger partial charge in [0.25, 0.3) is 0 Å². The molecule has 0 atom stereocenters. The normalized spacial score (nSPS) is 11.0. The minimum absolute atomic E-state index is 0.811. The molecule has 0 N–H and O–H groups in total. The Bertz CT molecular complexity index is 1500. The molecule has 5 aromatic carbocycles. The van der Waals surface area contributed by atoms with Gasteiger partial charge in [0.05, 0.1) is 0 Å². The number of hydrogen-bond acceptors (Lipinski definition) is 2. The molecule has 2 nitrogen and oxygen atoms in total. The molecule has 0 spiro atoms. The van der Waals surface area contributed by atoms with Gasteiger partial charge in [0, 0.05) is 28.6 Å². The first-order valence-corrected chi connectivity index (χ1v) is 11.1. The average molecular weight is 424 g/mol. The van der Waals surface area contributed by atoms with Crippen molar-refractivity contribution in [3.63, 3.8) is 0 Å². The standard InChI is InChI=1S/C31H21NO/c1-3-9-22(10-4-1)23-15-17-25(18-16-23)33-31-27-14-8-7-13-26(27)30(24-11-5-2-6-12-24)29-21-32-20-19-28(29)31/h1-21H. The van der Waals surface area contributed by atoms with Crippen LogP contribution in [0.2, 0.25) is 0 Å². The Kier molecular flexibility index (Phi) is 4.82. The Morgan fingerprint density at radius 2 is 1.03 bits per heavy atom. The number of fused-ring (bicyclic) bond motifs is 2. The SMILES string of the molecule is c1ccc(-c2ccc(Oc3c4ccccc4c(-c4ccccc4)c4cnccc34)cc2)cc1. The molecule has 1 heterocycles. The summed E-state index contributed by atoms with van der Waals surface area (Å²) in [6.07, 6.45) is 3.77. The number of rotatable bonds is 4. The lowest BCUT2D eigenvalue weighted by molar-refractivity contribution is 0.494. The maximum Gasteiger partial charge on any atom is 0.143 e. The lowest BCUT2D eigenvalue weighted by Crippen LogP contribution is -1.92. The van der Waals surface area contributed by atoms with Crippen molar-refractivity contribution in [1.82, 2.24) is 4.98 Å². The van der Waals surface area contributed by atoms with E-state index in [1.807, 2.05) is 42.7 Å². The molecule has 156 valence electrons. The second-order valence-electron chi connectivity index (χ2n) is 8.03. The molecule has 0 unspecified atom stereocenters. The monoisotopic (exact) mass is 423 g/mol. The van der Waals surface area contributed by atoms with Crippen LogP contribution in [0.15, 0.2) is 128 Å². The highest BCUT2D eigenvalue weighted by molar-refractivity contribution is 6.16. The molecule has 0 aliphatic heterocycles. The maximum atomic E-state index is 6.56. The summed E-state index contributed by atoms with van der Waals surface area (Å²) in [5.41, 5.74) is 4.71. The summed E-state index contributed by atoms with van der Waals surface area (Å²) in [7, 11) is 0. The van der Waals surface area contributed by atoms with Gasteiger partial charge in [-0.3, -0.25) is 4.98 Å².